The van der Waals surface area contributed by atoms with Gasteiger partial charge in [0.15, 0.2) is 0 Å². The van der Waals surface area contributed by atoms with Gasteiger partial charge in [-0.3, -0.25) is 4.79 Å². The first kappa shape index (κ1) is 23.7. The molecule has 180 valence electrons. The molecular weight excluding hydrogens is 506 g/mol. The van der Waals surface area contributed by atoms with E-state index in [0.717, 1.165) is 27.2 Å². The number of carbonyl (C=O) groups excluding carboxylic acids is 1. The van der Waals surface area contributed by atoms with Gasteiger partial charge in [-0.15, -0.1) is 11.3 Å². The van der Waals surface area contributed by atoms with E-state index in [9.17, 15) is 13.2 Å². The molecule has 0 bridgehead atoms. The minimum Gasteiger partial charge on any atom is -0.353 e. The lowest BCUT2D eigenvalue weighted by molar-refractivity contribution is -0.114. The summed E-state index contributed by atoms with van der Waals surface area (Å²) in [6, 6.07) is 14.4. The molecule has 3 heterocycles. The van der Waals surface area contributed by atoms with Crippen molar-refractivity contribution in [3.63, 3.8) is 0 Å². The summed E-state index contributed by atoms with van der Waals surface area (Å²) in [5.41, 5.74) is 2.54. The van der Waals surface area contributed by atoms with E-state index in [1.807, 2.05) is 18.2 Å². The average molecular weight is 528 g/mol. The molecule has 0 saturated carbocycles. The highest BCUT2D eigenvalue weighted by molar-refractivity contribution is 7.89. The highest BCUT2D eigenvalue weighted by atomic mass is 35.5. The molecule has 0 radical (unpaired) electrons. The van der Waals surface area contributed by atoms with Crippen molar-refractivity contribution in [2.45, 2.75) is 11.8 Å². The third-order valence-electron chi connectivity index (χ3n) is 5.86. The smallest absolute Gasteiger partial charge is 0.243 e. The molecule has 1 amide bonds. The third kappa shape index (κ3) is 4.62. The van der Waals surface area contributed by atoms with Gasteiger partial charge >= 0.3 is 0 Å². The Kier molecular flexibility index (Phi) is 6.45. The maximum atomic E-state index is 13.3. The maximum Gasteiger partial charge on any atom is 0.243 e. The van der Waals surface area contributed by atoms with Crippen LogP contribution in [0.25, 0.3) is 21.3 Å². The molecule has 0 atom stereocenters. The van der Waals surface area contributed by atoms with Crippen molar-refractivity contribution >= 4 is 60.6 Å². The number of piperazine rings is 1. The summed E-state index contributed by atoms with van der Waals surface area (Å²) in [7, 11) is -3.74. The van der Waals surface area contributed by atoms with Crippen LogP contribution in [0.5, 0.6) is 0 Å². The van der Waals surface area contributed by atoms with Crippen LogP contribution in [-0.4, -0.2) is 54.8 Å². The highest BCUT2D eigenvalue weighted by Gasteiger charge is 2.30. The van der Waals surface area contributed by atoms with Crippen LogP contribution in [0.1, 0.15) is 6.92 Å². The average Bonchev–Trinajstić information content (AvgIpc) is 3.30. The van der Waals surface area contributed by atoms with Crippen LogP contribution < -0.4 is 10.2 Å². The molecule has 0 spiro atoms. The van der Waals surface area contributed by atoms with Crippen molar-refractivity contribution in [2.75, 3.05) is 36.4 Å². The first-order valence-electron chi connectivity index (χ1n) is 10.9. The maximum absolute atomic E-state index is 13.3. The zero-order valence-corrected chi connectivity index (χ0v) is 21.2. The van der Waals surface area contributed by atoms with E-state index >= 15 is 0 Å². The van der Waals surface area contributed by atoms with E-state index in [0.29, 0.717) is 31.9 Å². The summed E-state index contributed by atoms with van der Waals surface area (Å²) in [6.07, 6.45) is 1.56. The number of aromatic nitrogens is 2. The van der Waals surface area contributed by atoms with Gasteiger partial charge in [0.2, 0.25) is 15.9 Å². The van der Waals surface area contributed by atoms with Crippen LogP contribution in [0.2, 0.25) is 5.02 Å². The summed E-state index contributed by atoms with van der Waals surface area (Å²) in [4.78, 5) is 23.4. The predicted octanol–water partition coefficient (Wildman–Crippen LogP) is 4.48. The van der Waals surface area contributed by atoms with Crippen molar-refractivity contribution in [3.05, 3.63) is 65.3 Å². The number of nitrogens with one attached hydrogen (secondary N) is 1. The van der Waals surface area contributed by atoms with E-state index in [1.54, 1.807) is 17.7 Å². The van der Waals surface area contributed by atoms with Crippen molar-refractivity contribution in [2.24, 2.45) is 0 Å². The minimum absolute atomic E-state index is 0.0960. The minimum atomic E-state index is -3.74. The van der Waals surface area contributed by atoms with Crippen LogP contribution in [0, 0.1) is 0 Å². The van der Waals surface area contributed by atoms with Crippen LogP contribution in [-0.2, 0) is 14.8 Å². The van der Waals surface area contributed by atoms with Gasteiger partial charge in [0.25, 0.3) is 0 Å². The number of anilines is 2. The predicted molar refractivity (Wildman–Crippen MR) is 140 cm³/mol. The number of nitrogens with zero attached hydrogens (tertiary/aromatic N) is 4. The highest BCUT2D eigenvalue weighted by Crippen LogP contribution is 2.38. The van der Waals surface area contributed by atoms with Crippen LogP contribution in [0.15, 0.2) is 65.1 Å². The van der Waals surface area contributed by atoms with Gasteiger partial charge in [-0.2, -0.15) is 4.31 Å². The van der Waals surface area contributed by atoms with Crippen molar-refractivity contribution in [1.82, 2.24) is 14.3 Å². The Morgan fingerprint density at radius 1 is 1.06 bits per heavy atom. The molecule has 0 unspecified atom stereocenters. The number of halogens is 1. The van der Waals surface area contributed by atoms with Crippen molar-refractivity contribution in [1.29, 1.82) is 0 Å². The Balaban J connectivity index is 1.38. The molecule has 1 saturated heterocycles. The Bertz CT molecular complexity index is 1500. The van der Waals surface area contributed by atoms with Gasteiger partial charge in [-0.1, -0.05) is 41.9 Å². The number of hydrogen-bond donors (Lipinski definition) is 1. The molecular formula is C24H22ClN5O3S2. The van der Waals surface area contributed by atoms with Crippen LogP contribution >= 0.6 is 22.9 Å². The van der Waals surface area contributed by atoms with E-state index < -0.39 is 10.0 Å². The SMILES string of the molecule is CC(=O)Nc1ccc(S(=O)(=O)N2CCN(c3ncnc4scc(-c5ccccc5)c34)CC2)cc1Cl. The Morgan fingerprint density at radius 2 is 1.80 bits per heavy atom. The second-order valence-corrected chi connectivity index (χ2v) is 11.3. The van der Waals surface area contributed by atoms with E-state index in [2.05, 4.69) is 37.7 Å². The molecule has 0 aliphatic carbocycles. The van der Waals surface area contributed by atoms with Crippen LogP contribution in [0.4, 0.5) is 11.5 Å². The molecule has 35 heavy (non-hydrogen) atoms. The zero-order valence-electron chi connectivity index (χ0n) is 18.8. The third-order valence-corrected chi connectivity index (χ3v) is 8.96. The standard InChI is InChI=1S/C24H22ClN5O3S2/c1-16(31)28-21-8-7-18(13-20(21)25)35(32,33)30-11-9-29(10-12-30)23-22-19(17-5-3-2-4-6-17)14-34-24(22)27-15-26-23/h2-8,13-15H,9-12H2,1H3,(H,28,31). The number of hydrogen-bond acceptors (Lipinski definition) is 7. The fraction of sp³-hybridized carbons (Fsp3) is 0.208. The molecule has 2 aromatic heterocycles. The first-order chi connectivity index (χ1) is 16.8. The Hall–Kier alpha value is -3.05. The van der Waals surface area contributed by atoms with Gasteiger partial charge in [0.1, 0.15) is 17.0 Å². The number of carbonyl (C=O) groups is 1. The summed E-state index contributed by atoms with van der Waals surface area (Å²) >= 11 is 7.78. The Morgan fingerprint density at radius 3 is 2.49 bits per heavy atom. The van der Waals surface area contributed by atoms with E-state index in [1.165, 1.54) is 29.4 Å². The van der Waals surface area contributed by atoms with E-state index in [4.69, 9.17) is 11.6 Å². The number of amides is 1. The summed E-state index contributed by atoms with van der Waals surface area (Å²) in [5.74, 6) is 0.536. The molecule has 11 heteroatoms. The lowest BCUT2D eigenvalue weighted by atomic mass is 10.1. The lowest BCUT2D eigenvalue weighted by Gasteiger charge is -2.35. The molecule has 4 aromatic rings. The number of sulfonamides is 1. The normalized spacial score (nSPS) is 14.9. The largest absolute Gasteiger partial charge is 0.353 e. The molecule has 8 nitrogen and oxygen atoms in total. The molecule has 1 aliphatic heterocycles. The van der Waals surface area contributed by atoms with Gasteiger partial charge < -0.3 is 10.2 Å². The van der Waals surface area contributed by atoms with Crippen molar-refractivity contribution < 1.29 is 13.2 Å². The topological polar surface area (TPSA) is 95.5 Å². The lowest BCUT2D eigenvalue weighted by Crippen LogP contribution is -2.49. The van der Waals surface area contributed by atoms with Gasteiger partial charge in [-0.05, 0) is 23.8 Å². The molecule has 1 aliphatic rings. The molecule has 1 N–H and O–H groups in total. The molecule has 5 rings (SSSR count). The molecule has 1 fully saturated rings. The number of thiophene rings is 1. The fourth-order valence-electron chi connectivity index (χ4n) is 4.17. The summed E-state index contributed by atoms with van der Waals surface area (Å²) in [5, 5.41) is 5.84. The van der Waals surface area contributed by atoms with E-state index in [-0.39, 0.29) is 15.8 Å². The quantitative estimate of drug-likeness (QED) is 0.411. The summed E-state index contributed by atoms with van der Waals surface area (Å²) < 4.78 is 28.0. The second kappa shape index (κ2) is 9.54. The van der Waals surface area contributed by atoms with Crippen LogP contribution in [0.3, 0.4) is 0 Å². The monoisotopic (exact) mass is 527 g/mol. The molecule has 2 aromatic carbocycles. The van der Waals surface area contributed by atoms with Gasteiger partial charge in [-0.25, -0.2) is 18.4 Å². The second-order valence-electron chi connectivity index (χ2n) is 8.11. The van der Waals surface area contributed by atoms with Gasteiger partial charge in [0, 0.05) is 44.0 Å². The first-order valence-corrected chi connectivity index (χ1v) is 13.6. The summed E-state index contributed by atoms with van der Waals surface area (Å²) in [6.45, 7) is 2.97. The number of fused-ring (bicyclic) bond motifs is 1. The van der Waals surface area contributed by atoms with Gasteiger partial charge in [0.05, 0.1) is 21.0 Å². The zero-order chi connectivity index (χ0) is 24.6. The number of benzene rings is 2. The Labute approximate surface area is 212 Å². The fourth-order valence-corrected chi connectivity index (χ4v) is 6.82. The van der Waals surface area contributed by atoms with Crippen molar-refractivity contribution in [3.8, 4) is 11.1 Å². The number of rotatable bonds is 5.